The van der Waals surface area contributed by atoms with Crippen molar-refractivity contribution in [2.24, 2.45) is 0 Å². The van der Waals surface area contributed by atoms with Crippen LogP contribution >= 0.6 is 11.3 Å². The maximum atomic E-state index is 11.8. The van der Waals surface area contributed by atoms with Crippen LogP contribution in [0.2, 0.25) is 0 Å². The number of nitrogens with zero attached hydrogens (tertiary/aromatic N) is 4. The third-order valence-corrected chi connectivity index (χ3v) is 3.43. The van der Waals surface area contributed by atoms with Crippen LogP contribution in [0.15, 0.2) is 31.1 Å². The van der Waals surface area contributed by atoms with Gasteiger partial charge in [0, 0.05) is 6.92 Å². The van der Waals surface area contributed by atoms with Crippen LogP contribution in [-0.2, 0) is 0 Å². The van der Waals surface area contributed by atoms with E-state index < -0.39 is 11.8 Å². The summed E-state index contributed by atoms with van der Waals surface area (Å²) in [6, 6.07) is 3.23. The van der Waals surface area contributed by atoms with Crippen molar-refractivity contribution in [1.82, 2.24) is 20.0 Å². The highest BCUT2D eigenvalue weighted by atomic mass is 32.1. The molecule has 0 aliphatic heterocycles. The molecule has 0 saturated carbocycles. The average molecular weight is 278 g/mol. The van der Waals surface area contributed by atoms with Gasteiger partial charge in [0.1, 0.15) is 6.04 Å². The first-order valence-corrected chi connectivity index (χ1v) is 6.46. The molecule has 0 bridgehead atoms. The summed E-state index contributed by atoms with van der Waals surface area (Å²) in [6.07, 6.45) is 0. The quantitative estimate of drug-likeness (QED) is 0.726. The molecule has 3 aromatic heterocycles. The molecule has 0 aliphatic carbocycles. The molecular weight excluding hydrogens is 268 g/mol. The van der Waals surface area contributed by atoms with Gasteiger partial charge in [0.2, 0.25) is 11.8 Å². The SMILES string of the molecule is Cc1nnc([C@H](C)n2nc(-c3cccs3)oc2=O)o1. The number of thiophene rings is 1. The number of aryl methyl sites for hydroxylation is 1. The Hall–Kier alpha value is -2.22. The molecule has 0 fully saturated rings. The molecule has 98 valence electrons. The van der Waals surface area contributed by atoms with Crippen LogP contribution in [0.1, 0.15) is 24.7 Å². The minimum Gasteiger partial charge on any atom is -0.423 e. The van der Waals surface area contributed by atoms with Gasteiger partial charge < -0.3 is 8.83 Å². The molecule has 8 heteroatoms. The monoisotopic (exact) mass is 278 g/mol. The van der Waals surface area contributed by atoms with Crippen LogP contribution in [0, 0.1) is 6.92 Å². The standard InChI is InChI=1S/C11H10N4O3S/c1-6(9-13-12-7(2)17-9)15-11(16)18-10(14-15)8-4-3-5-19-8/h3-6H,1-2H3/t6-/m0/s1. The molecule has 0 radical (unpaired) electrons. The van der Waals surface area contributed by atoms with Gasteiger partial charge in [-0.05, 0) is 18.4 Å². The van der Waals surface area contributed by atoms with E-state index in [1.165, 1.54) is 16.0 Å². The largest absolute Gasteiger partial charge is 0.438 e. The smallest absolute Gasteiger partial charge is 0.423 e. The second-order valence-corrected chi connectivity index (χ2v) is 4.88. The van der Waals surface area contributed by atoms with E-state index in [0.717, 1.165) is 4.88 Å². The summed E-state index contributed by atoms with van der Waals surface area (Å²) in [5.74, 6) is 0.511. The molecule has 1 atom stereocenters. The summed E-state index contributed by atoms with van der Waals surface area (Å²) < 4.78 is 11.6. The van der Waals surface area contributed by atoms with Crippen molar-refractivity contribution in [1.29, 1.82) is 0 Å². The molecule has 3 rings (SSSR count). The van der Waals surface area contributed by atoms with Crippen LogP contribution in [-0.4, -0.2) is 20.0 Å². The van der Waals surface area contributed by atoms with Crippen LogP contribution in [0.3, 0.4) is 0 Å². The minimum absolute atomic E-state index is 0.295. The first-order chi connectivity index (χ1) is 9.15. The molecule has 3 aromatic rings. The molecule has 0 saturated heterocycles. The lowest BCUT2D eigenvalue weighted by Gasteiger charge is -2.03. The van der Waals surface area contributed by atoms with Crippen molar-refractivity contribution < 1.29 is 8.83 Å². The maximum absolute atomic E-state index is 11.8. The summed E-state index contributed by atoms with van der Waals surface area (Å²) in [6.45, 7) is 3.43. The normalized spacial score (nSPS) is 12.7. The maximum Gasteiger partial charge on any atom is 0.438 e. The van der Waals surface area contributed by atoms with Gasteiger partial charge in [-0.3, -0.25) is 0 Å². The molecule has 3 heterocycles. The number of aromatic nitrogens is 4. The van der Waals surface area contributed by atoms with Gasteiger partial charge >= 0.3 is 5.76 Å². The lowest BCUT2D eigenvalue weighted by atomic mass is 10.3. The first kappa shape index (κ1) is 11.8. The number of hydrogen-bond donors (Lipinski definition) is 0. The Balaban J connectivity index is 2.00. The van der Waals surface area contributed by atoms with E-state index >= 15 is 0 Å². The van der Waals surface area contributed by atoms with Gasteiger partial charge in [-0.1, -0.05) is 6.07 Å². The fraction of sp³-hybridized carbons (Fsp3) is 0.273. The van der Waals surface area contributed by atoms with E-state index in [0.29, 0.717) is 17.7 Å². The van der Waals surface area contributed by atoms with E-state index in [2.05, 4.69) is 15.3 Å². The third kappa shape index (κ3) is 2.10. The van der Waals surface area contributed by atoms with E-state index in [4.69, 9.17) is 8.83 Å². The van der Waals surface area contributed by atoms with Crippen molar-refractivity contribution in [2.45, 2.75) is 19.9 Å². The lowest BCUT2D eigenvalue weighted by molar-refractivity contribution is 0.377. The molecule has 7 nitrogen and oxygen atoms in total. The topological polar surface area (TPSA) is 87.0 Å². The van der Waals surface area contributed by atoms with Crippen molar-refractivity contribution >= 4 is 11.3 Å². The van der Waals surface area contributed by atoms with Gasteiger partial charge in [-0.25, -0.2) is 4.79 Å². The van der Waals surface area contributed by atoms with Gasteiger partial charge in [0.15, 0.2) is 0 Å². The average Bonchev–Trinajstić information content (AvgIpc) is 3.07. The van der Waals surface area contributed by atoms with E-state index in [-0.39, 0.29) is 0 Å². The summed E-state index contributed by atoms with van der Waals surface area (Å²) in [4.78, 5) is 12.6. The van der Waals surface area contributed by atoms with Crippen LogP contribution < -0.4 is 5.76 Å². The summed E-state index contributed by atoms with van der Waals surface area (Å²) >= 11 is 1.45. The number of hydrogen-bond acceptors (Lipinski definition) is 7. The first-order valence-electron chi connectivity index (χ1n) is 5.58. The Kier molecular flexibility index (Phi) is 2.79. The van der Waals surface area contributed by atoms with E-state index in [1.807, 2.05) is 17.5 Å². The van der Waals surface area contributed by atoms with Crippen molar-refractivity contribution in [3.05, 3.63) is 39.8 Å². The molecule has 0 aliphatic rings. The summed E-state index contributed by atoms with van der Waals surface area (Å²) in [5.41, 5.74) is 0. The highest BCUT2D eigenvalue weighted by Crippen LogP contribution is 2.22. The van der Waals surface area contributed by atoms with Crippen molar-refractivity contribution in [3.8, 4) is 10.8 Å². The van der Waals surface area contributed by atoms with Crippen LogP contribution in [0.4, 0.5) is 0 Å². The second kappa shape index (κ2) is 4.47. The fourth-order valence-electron chi connectivity index (χ4n) is 1.62. The molecular formula is C11H10N4O3S. The zero-order valence-corrected chi connectivity index (χ0v) is 11.0. The summed E-state index contributed by atoms with van der Waals surface area (Å²) in [5, 5.41) is 13.7. The predicted molar refractivity (Wildman–Crippen MR) is 66.9 cm³/mol. The predicted octanol–water partition coefficient (Wildman–Crippen LogP) is 1.87. The Bertz CT molecular complexity index is 740. The Morgan fingerprint density at radius 1 is 1.37 bits per heavy atom. The summed E-state index contributed by atoms with van der Waals surface area (Å²) in [7, 11) is 0. The Morgan fingerprint density at radius 3 is 2.84 bits per heavy atom. The van der Waals surface area contributed by atoms with Gasteiger partial charge in [0.05, 0.1) is 4.88 Å². The molecule has 0 amide bonds. The molecule has 19 heavy (non-hydrogen) atoms. The molecule has 0 spiro atoms. The lowest BCUT2D eigenvalue weighted by Crippen LogP contribution is -2.21. The van der Waals surface area contributed by atoms with Crippen molar-refractivity contribution in [3.63, 3.8) is 0 Å². The van der Waals surface area contributed by atoms with Crippen LogP contribution in [0.5, 0.6) is 0 Å². The highest BCUT2D eigenvalue weighted by Gasteiger charge is 2.21. The van der Waals surface area contributed by atoms with Gasteiger partial charge in [-0.2, -0.15) is 4.68 Å². The molecule has 0 unspecified atom stereocenters. The zero-order chi connectivity index (χ0) is 13.4. The van der Waals surface area contributed by atoms with Gasteiger partial charge in [0.25, 0.3) is 5.89 Å². The second-order valence-electron chi connectivity index (χ2n) is 3.93. The third-order valence-electron chi connectivity index (χ3n) is 2.57. The molecule has 0 N–H and O–H groups in total. The van der Waals surface area contributed by atoms with Gasteiger partial charge in [-0.15, -0.1) is 26.6 Å². The Labute approximate surface area is 111 Å². The van der Waals surface area contributed by atoms with E-state index in [9.17, 15) is 4.79 Å². The van der Waals surface area contributed by atoms with Crippen LogP contribution in [0.25, 0.3) is 10.8 Å². The van der Waals surface area contributed by atoms with Crippen molar-refractivity contribution in [2.75, 3.05) is 0 Å². The number of rotatable bonds is 3. The van der Waals surface area contributed by atoms with E-state index in [1.54, 1.807) is 13.8 Å². The highest BCUT2D eigenvalue weighted by molar-refractivity contribution is 7.13. The Morgan fingerprint density at radius 2 is 2.21 bits per heavy atom. The zero-order valence-electron chi connectivity index (χ0n) is 10.2. The minimum atomic E-state index is -0.549. The molecule has 0 aromatic carbocycles. The fourth-order valence-corrected chi connectivity index (χ4v) is 2.26.